The summed E-state index contributed by atoms with van der Waals surface area (Å²) in [6, 6.07) is 3.16. The van der Waals surface area contributed by atoms with Gasteiger partial charge in [0, 0.05) is 48.6 Å². The summed E-state index contributed by atoms with van der Waals surface area (Å²) in [6.45, 7) is 4.45. The summed E-state index contributed by atoms with van der Waals surface area (Å²) in [5, 5.41) is 4.64. The molecular weight excluding hydrogens is 256 g/mol. The van der Waals surface area contributed by atoms with Crippen LogP contribution in [0.1, 0.15) is 26.2 Å². The lowest BCUT2D eigenvalue weighted by molar-refractivity contribution is 0.380. The highest BCUT2D eigenvalue weighted by Gasteiger charge is 2.27. The lowest BCUT2D eigenvalue weighted by atomic mass is 10.0. The molecule has 1 aromatic rings. The second kappa shape index (κ2) is 6.09. The molecule has 5 heteroatoms. The third kappa shape index (κ3) is 3.39. The molecular formula is C14H22N4S. The quantitative estimate of drug-likeness (QED) is 0.915. The van der Waals surface area contributed by atoms with Gasteiger partial charge >= 0.3 is 0 Å². The van der Waals surface area contributed by atoms with Crippen LogP contribution < -0.4 is 10.2 Å². The second-order valence-electron chi connectivity index (χ2n) is 5.58. The number of hydrogen-bond donors (Lipinski definition) is 1. The summed E-state index contributed by atoms with van der Waals surface area (Å²) in [5.41, 5.74) is 0. The SMILES string of the molecule is CC1CC(NC2CCCN(c3ncccn3)C2)CS1. The molecule has 2 saturated heterocycles. The molecule has 0 bridgehead atoms. The maximum absolute atomic E-state index is 4.36. The van der Waals surface area contributed by atoms with Gasteiger partial charge in [-0.05, 0) is 25.3 Å². The number of nitrogens with one attached hydrogen (secondary N) is 1. The van der Waals surface area contributed by atoms with E-state index in [2.05, 4.69) is 38.9 Å². The van der Waals surface area contributed by atoms with Crippen LogP contribution in [0.2, 0.25) is 0 Å². The van der Waals surface area contributed by atoms with E-state index in [0.717, 1.165) is 24.3 Å². The summed E-state index contributed by atoms with van der Waals surface area (Å²) in [4.78, 5) is 11.0. The molecule has 1 aromatic heterocycles. The average Bonchev–Trinajstić information content (AvgIpc) is 2.85. The van der Waals surface area contributed by atoms with Crippen molar-refractivity contribution in [2.45, 2.75) is 43.5 Å². The Morgan fingerprint density at radius 2 is 2.16 bits per heavy atom. The van der Waals surface area contributed by atoms with Gasteiger partial charge in [0.25, 0.3) is 0 Å². The monoisotopic (exact) mass is 278 g/mol. The molecule has 0 amide bonds. The molecule has 2 aliphatic heterocycles. The first-order valence-corrected chi connectivity index (χ1v) is 8.26. The summed E-state index contributed by atoms with van der Waals surface area (Å²) >= 11 is 2.09. The maximum Gasteiger partial charge on any atom is 0.225 e. The average molecular weight is 278 g/mol. The van der Waals surface area contributed by atoms with Crippen molar-refractivity contribution in [3.05, 3.63) is 18.5 Å². The van der Waals surface area contributed by atoms with Gasteiger partial charge in [-0.3, -0.25) is 0 Å². The van der Waals surface area contributed by atoms with Gasteiger partial charge < -0.3 is 10.2 Å². The zero-order valence-electron chi connectivity index (χ0n) is 11.5. The molecule has 0 saturated carbocycles. The van der Waals surface area contributed by atoms with E-state index in [9.17, 15) is 0 Å². The Labute approximate surface area is 119 Å². The number of rotatable bonds is 3. The van der Waals surface area contributed by atoms with Crippen molar-refractivity contribution in [2.75, 3.05) is 23.7 Å². The third-order valence-electron chi connectivity index (χ3n) is 3.93. The van der Waals surface area contributed by atoms with Crippen LogP contribution >= 0.6 is 11.8 Å². The molecule has 0 aromatic carbocycles. The first-order chi connectivity index (χ1) is 9.31. The van der Waals surface area contributed by atoms with E-state index in [-0.39, 0.29) is 0 Å². The second-order valence-corrected chi connectivity index (χ2v) is 7.05. The summed E-state index contributed by atoms with van der Waals surface area (Å²) in [7, 11) is 0. The fraction of sp³-hybridized carbons (Fsp3) is 0.714. The van der Waals surface area contributed by atoms with Crippen molar-refractivity contribution in [1.29, 1.82) is 0 Å². The van der Waals surface area contributed by atoms with Gasteiger partial charge in [-0.25, -0.2) is 9.97 Å². The van der Waals surface area contributed by atoms with Crippen molar-refractivity contribution in [2.24, 2.45) is 0 Å². The normalized spacial score (nSPS) is 31.6. The molecule has 0 spiro atoms. The highest BCUT2D eigenvalue weighted by atomic mass is 32.2. The zero-order valence-corrected chi connectivity index (χ0v) is 12.3. The van der Waals surface area contributed by atoms with Crippen molar-refractivity contribution < 1.29 is 0 Å². The lowest BCUT2D eigenvalue weighted by Gasteiger charge is -2.34. The van der Waals surface area contributed by atoms with Crippen molar-refractivity contribution in [3.63, 3.8) is 0 Å². The zero-order chi connectivity index (χ0) is 13.1. The molecule has 3 heterocycles. The van der Waals surface area contributed by atoms with E-state index in [1.165, 1.54) is 25.0 Å². The number of aromatic nitrogens is 2. The predicted octanol–water partition coefficient (Wildman–Crippen LogP) is 1.93. The number of nitrogens with zero attached hydrogens (tertiary/aromatic N) is 3. The van der Waals surface area contributed by atoms with Crippen molar-refractivity contribution in [1.82, 2.24) is 15.3 Å². The van der Waals surface area contributed by atoms with Gasteiger partial charge in [0.2, 0.25) is 5.95 Å². The van der Waals surface area contributed by atoms with Crippen molar-refractivity contribution >= 4 is 17.7 Å². The Hall–Kier alpha value is -0.810. The molecule has 3 atom stereocenters. The standard InChI is InChI=1S/C14H22N4S/c1-11-8-13(10-19-11)17-12-4-2-7-18(9-12)14-15-5-3-6-16-14/h3,5-6,11-13,17H,2,4,7-10H2,1H3. The van der Waals surface area contributed by atoms with E-state index in [4.69, 9.17) is 0 Å². The van der Waals surface area contributed by atoms with Gasteiger partial charge in [0.1, 0.15) is 0 Å². The molecule has 104 valence electrons. The van der Waals surface area contributed by atoms with Gasteiger partial charge in [-0.1, -0.05) is 6.92 Å². The van der Waals surface area contributed by atoms with Crippen LogP contribution in [0.4, 0.5) is 5.95 Å². The first-order valence-electron chi connectivity index (χ1n) is 7.21. The minimum atomic E-state index is 0.591. The number of piperidine rings is 1. The van der Waals surface area contributed by atoms with E-state index >= 15 is 0 Å². The van der Waals surface area contributed by atoms with Gasteiger partial charge in [-0.15, -0.1) is 0 Å². The molecule has 1 N–H and O–H groups in total. The minimum Gasteiger partial charge on any atom is -0.339 e. The number of anilines is 1. The lowest BCUT2D eigenvalue weighted by Crippen LogP contribution is -2.49. The number of thioether (sulfide) groups is 1. The largest absolute Gasteiger partial charge is 0.339 e. The smallest absolute Gasteiger partial charge is 0.225 e. The molecule has 2 aliphatic rings. The fourth-order valence-electron chi connectivity index (χ4n) is 3.02. The van der Waals surface area contributed by atoms with Crippen LogP contribution in [0.5, 0.6) is 0 Å². The summed E-state index contributed by atoms with van der Waals surface area (Å²) in [5.74, 6) is 2.14. The molecule has 0 radical (unpaired) electrons. The van der Waals surface area contributed by atoms with Gasteiger partial charge in [0.05, 0.1) is 0 Å². The minimum absolute atomic E-state index is 0.591. The van der Waals surface area contributed by atoms with Crippen LogP contribution in [-0.2, 0) is 0 Å². The van der Waals surface area contributed by atoms with E-state index < -0.39 is 0 Å². The molecule has 3 rings (SSSR count). The first kappa shape index (κ1) is 13.2. The molecule has 2 fully saturated rings. The fourth-order valence-corrected chi connectivity index (χ4v) is 4.18. The van der Waals surface area contributed by atoms with Crippen LogP contribution in [0.3, 0.4) is 0 Å². The third-order valence-corrected chi connectivity index (χ3v) is 5.28. The highest BCUT2D eigenvalue weighted by Crippen LogP contribution is 2.27. The van der Waals surface area contributed by atoms with Gasteiger partial charge in [-0.2, -0.15) is 11.8 Å². The molecule has 4 nitrogen and oxygen atoms in total. The predicted molar refractivity (Wildman–Crippen MR) is 80.7 cm³/mol. The van der Waals surface area contributed by atoms with Crippen LogP contribution in [0.25, 0.3) is 0 Å². The van der Waals surface area contributed by atoms with E-state index in [1.807, 2.05) is 18.5 Å². The summed E-state index contributed by atoms with van der Waals surface area (Å²) < 4.78 is 0. The molecule has 0 aliphatic carbocycles. The number of hydrogen-bond acceptors (Lipinski definition) is 5. The Kier molecular flexibility index (Phi) is 4.23. The van der Waals surface area contributed by atoms with Crippen molar-refractivity contribution in [3.8, 4) is 0 Å². The molecule has 3 unspecified atom stereocenters. The van der Waals surface area contributed by atoms with E-state index in [0.29, 0.717) is 12.1 Å². The Balaban J connectivity index is 1.56. The topological polar surface area (TPSA) is 41.0 Å². The van der Waals surface area contributed by atoms with Crippen LogP contribution in [0.15, 0.2) is 18.5 Å². The summed E-state index contributed by atoms with van der Waals surface area (Å²) in [6.07, 6.45) is 7.47. The molecule has 19 heavy (non-hydrogen) atoms. The van der Waals surface area contributed by atoms with Crippen LogP contribution in [-0.4, -0.2) is 46.1 Å². The Bertz CT molecular complexity index is 400. The van der Waals surface area contributed by atoms with Crippen LogP contribution in [0, 0.1) is 0 Å². The highest BCUT2D eigenvalue weighted by molar-refractivity contribution is 8.00. The maximum atomic E-state index is 4.36. The van der Waals surface area contributed by atoms with E-state index in [1.54, 1.807) is 0 Å². The Morgan fingerprint density at radius 3 is 2.89 bits per heavy atom. The Morgan fingerprint density at radius 1 is 1.32 bits per heavy atom. The van der Waals surface area contributed by atoms with Gasteiger partial charge in [0.15, 0.2) is 0 Å².